The molecule has 1 atom stereocenters. The van der Waals surface area contributed by atoms with E-state index < -0.39 is 17.6 Å². The fourth-order valence-electron chi connectivity index (χ4n) is 4.38. The summed E-state index contributed by atoms with van der Waals surface area (Å²) < 4.78 is 38.6. The van der Waals surface area contributed by atoms with Gasteiger partial charge in [0.25, 0.3) is 5.91 Å². The van der Waals surface area contributed by atoms with Crippen LogP contribution < -0.4 is 0 Å². The molecule has 1 aliphatic rings. The van der Waals surface area contributed by atoms with Crippen LogP contribution in [0.1, 0.15) is 50.5 Å². The van der Waals surface area contributed by atoms with Crippen molar-refractivity contribution in [2.45, 2.75) is 32.5 Å². The van der Waals surface area contributed by atoms with Crippen LogP contribution in [0.15, 0.2) is 60.0 Å². The molecule has 4 rings (SSSR count). The van der Waals surface area contributed by atoms with E-state index in [9.17, 15) is 22.8 Å². The van der Waals surface area contributed by atoms with Gasteiger partial charge in [-0.3, -0.25) is 9.59 Å². The number of nitrogens with zero attached hydrogens (tertiary/aromatic N) is 2. The molecule has 0 radical (unpaired) electrons. The van der Waals surface area contributed by atoms with Crippen molar-refractivity contribution in [3.63, 3.8) is 0 Å². The maximum Gasteiger partial charge on any atom is 0.416 e. The highest BCUT2D eigenvalue weighted by molar-refractivity contribution is 7.10. The van der Waals surface area contributed by atoms with Crippen LogP contribution in [0.4, 0.5) is 13.2 Å². The third-order valence-electron chi connectivity index (χ3n) is 6.22. The molecular weight excluding hydrogens is 461 g/mol. The first-order valence-corrected chi connectivity index (χ1v) is 12.0. The smallest absolute Gasteiger partial charge is 0.330 e. The van der Waals surface area contributed by atoms with E-state index in [0.29, 0.717) is 6.54 Å². The van der Waals surface area contributed by atoms with Crippen molar-refractivity contribution in [2.75, 3.05) is 19.6 Å². The van der Waals surface area contributed by atoms with E-state index in [-0.39, 0.29) is 30.6 Å². The number of halogens is 3. The SMILES string of the molecule is CCN(CC(=O)N1CCc2sccc2C1c1ccccc1C)C(=O)c1ccc(C(F)(F)F)cc1. The number of hydrogen-bond donors (Lipinski definition) is 0. The fraction of sp³-hybridized carbons (Fsp3) is 0.308. The van der Waals surface area contributed by atoms with Gasteiger partial charge in [0.05, 0.1) is 11.6 Å². The Bertz CT molecular complexity index is 1190. The zero-order valence-electron chi connectivity index (χ0n) is 18.9. The molecule has 0 saturated heterocycles. The molecule has 1 aliphatic heterocycles. The Labute approximate surface area is 200 Å². The Morgan fingerprint density at radius 1 is 1.06 bits per heavy atom. The van der Waals surface area contributed by atoms with Gasteiger partial charge in [-0.25, -0.2) is 0 Å². The van der Waals surface area contributed by atoms with Crippen LogP contribution in [0.5, 0.6) is 0 Å². The largest absolute Gasteiger partial charge is 0.416 e. The summed E-state index contributed by atoms with van der Waals surface area (Å²) in [5.41, 5.74) is 2.54. The van der Waals surface area contributed by atoms with E-state index >= 15 is 0 Å². The molecule has 2 amide bonds. The molecule has 0 fully saturated rings. The summed E-state index contributed by atoms with van der Waals surface area (Å²) in [4.78, 5) is 30.9. The Kier molecular flexibility index (Phi) is 6.79. The summed E-state index contributed by atoms with van der Waals surface area (Å²) in [6, 6.07) is 13.9. The lowest BCUT2D eigenvalue weighted by Crippen LogP contribution is -2.46. The molecule has 3 aromatic rings. The van der Waals surface area contributed by atoms with E-state index in [0.717, 1.165) is 47.4 Å². The topological polar surface area (TPSA) is 40.6 Å². The Morgan fingerprint density at radius 3 is 2.41 bits per heavy atom. The van der Waals surface area contributed by atoms with Crippen molar-refractivity contribution in [1.82, 2.24) is 9.80 Å². The number of likely N-dealkylation sites (N-methyl/N-ethyl adjacent to an activating group) is 1. The van der Waals surface area contributed by atoms with E-state index in [1.807, 2.05) is 41.5 Å². The maximum absolute atomic E-state index is 13.5. The summed E-state index contributed by atoms with van der Waals surface area (Å²) in [5, 5.41) is 2.04. The second-order valence-electron chi connectivity index (χ2n) is 8.29. The number of alkyl halides is 3. The van der Waals surface area contributed by atoms with Gasteiger partial charge in [-0.15, -0.1) is 11.3 Å². The lowest BCUT2D eigenvalue weighted by Gasteiger charge is -2.38. The predicted octanol–water partition coefficient (Wildman–Crippen LogP) is 5.71. The molecule has 1 unspecified atom stereocenters. The molecule has 0 saturated carbocycles. The van der Waals surface area contributed by atoms with Crippen LogP contribution in [0.2, 0.25) is 0 Å². The van der Waals surface area contributed by atoms with E-state index in [1.54, 1.807) is 18.3 Å². The number of benzene rings is 2. The number of amides is 2. The van der Waals surface area contributed by atoms with Gasteiger partial charge >= 0.3 is 6.18 Å². The summed E-state index contributed by atoms with van der Waals surface area (Å²) in [7, 11) is 0. The minimum Gasteiger partial charge on any atom is -0.330 e. The molecular formula is C26H25F3N2O2S. The Balaban J connectivity index is 1.57. The number of rotatable bonds is 5. The lowest BCUT2D eigenvalue weighted by atomic mass is 9.90. The van der Waals surface area contributed by atoms with Crippen molar-refractivity contribution in [2.24, 2.45) is 0 Å². The third-order valence-corrected chi connectivity index (χ3v) is 7.22. The van der Waals surface area contributed by atoms with Gasteiger partial charge in [0, 0.05) is 23.5 Å². The Morgan fingerprint density at radius 2 is 1.76 bits per heavy atom. The first kappa shape index (κ1) is 24.0. The minimum atomic E-state index is -4.47. The van der Waals surface area contributed by atoms with E-state index in [2.05, 4.69) is 6.07 Å². The van der Waals surface area contributed by atoms with Crippen molar-refractivity contribution in [3.8, 4) is 0 Å². The predicted molar refractivity (Wildman–Crippen MR) is 126 cm³/mol. The number of carbonyl (C=O) groups is 2. The Hall–Kier alpha value is -3.13. The van der Waals surface area contributed by atoms with Gasteiger partial charge in [-0.1, -0.05) is 24.3 Å². The van der Waals surface area contributed by atoms with Gasteiger partial charge in [-0.05, 0) is 72.7 Å². The zero-order valence-corrected chi connectivity index (χ0v) is 19.7. The van der Waals surface area contributed by atoms with Crippen molar-refractivity contribution >= 4 is 23.2 Å². The fourth-order valence-corrected chi connectivity index (χ4v) is 5.28. The van der Waals surface area contributed by atoms with Gasteiger partial charge in [0.1, 0.15) is 6.54 Å². The number of hydrogen-bond acceptors (Lipinski definition) is 3. The summed E-state index contributed by atoms with van der Waals surface area (Å²) >= 11 is 1.68. The number of thiophene rings is 1. The first-order valence-electron chi connectivity index (χ1n) is 11.1. The van der Waals surface area contributed by atoms with E-state index in [4.69, 9.17) is 0 Å². The molecule has 0 spiro atoms. The average Bonchev–Trinajstić information content (AvgIpc) is 3.30. The van der Waals surface area contributed by atoms with Crippen molar-refractivity contribution < 1.29 is 22.8 Å². The summed E-state index contributed by atoms with van der Waals surface area (Å²) in [6.07, 6.45) is -3.72. The molecule has 8 heteroatoms. The molecule has 0 N–H and O–H groups in total. The highest BCUT2D eigenvalue weighted by atomic mass is 32.1. The molecule has 0 bridgehead atoms. The molecule has 34 heavy (non-hydrogen) atoms. The lowest BCUT2D eigenvalue weighted by molar-refractivity contribution is -0.137. The van der Waals surface area contributed by atoms with Crippen LogP contribution in [-0.2, 0) is 17.4 Å². The quantitative estimate of drug-likeness (QED) is 0.463. The maximum atomic E-state index is 13.5. The van der Waals surface area contributed by atoms with Crippen LogP contribution in [0.25, 0.3) is 0 Å². The molecule has 4 nitrogen and oxygen atoms in total. The average molecular weight is 487 g/mol. The zero-order chi connectivity index (χ0) is 24.5. The van der Waals surface area contributed by atoms with Crippen molar-refractivity contribution in [1.29, 1.82) is 0 Å². The van der Waals surface area contributed by atoms with Crippen LogP contribution >= 0.6 is 11.3 Å². The van der Waals surface area contributed by atoms with Crippen molar-refractivity contribution in [3.05, 3.63) is 92.7 Å². The van der Waals surface area contributed by atoms with Gasteiger partial charge in [0.15, 0.2) is 0 Å². The molecule has 1 aromatic heterocycles. The summed E-state index contributed by atoms with van der Waals surface area (Å²) in [5.74, 6) is -0.655. The molecule has 0 aliphatic carbocycles. The van der Waals surface area contributed by atoms with Crippen LogP contribution in [0, 0.1) is 6.92 Å². The van der Waals surface area contributed by atoms with Crippen LogP contribution in [0.3, 0.4) is 0 Å². The standard InChI is InChI=1S/C26H25F3N2O2S/c1-3-30(25(33)18-8-10-19(11-9-18)26(27,28)29)16-23(32)31-14-12-22-21(13-15-34-22)24(31)20-7-5-4-6-17(20)2/h4-11,13,15,24H,3,12,14,16H2,1-2H3. The van der Waals surface area contributed by atoms with Gasteiger partial charge in [-0.2, -0.15) is 13.2 Å². The summed E-state index contributed by atoms with van der Waals surface area (Å²) in [6.45, 7) is 4.43. The number of aryl methyl sites for hydroxylation is 1. The second kappa shape index (κ2) is 9.62. The second-order valence-corrected chi connectivity index (χ2v) is 9.29. The van der Waals surface area contributed by atoms with Crippen LogP contribution in [-0.4, -0.2) is 41.2 Å². The highest BCUT2D eigenvalue weighted by Crippen LogP contribution is 2.39. The monoisotopic (exact) mass is 486 g/mol. The molecule has 2 aromatic carbocycles. The van der Waals surface area contributed by atoms with Gasteiger partial charge in [0.2, 0.25) is 5.91 Å². The molecule has 178 valence electrons. The molecule has 2 heterocycles. The number of carbonyl (C=O) groups excluding carboxylic acids is 2. The van der Waals surface area contributed by atoms with E-state index in [1.165, 1.54) is 9.78 Å². The normalized spacial score (nSPS) is 15.7. The third kappa shape index (κ3) is 4.73. The minimum absolute atomic E-state index is 0.122. The van der Waals surface area contributed by atoms with Gasteiger partial charge < -0.3 is 9.80 Å². The first-order chi connectivity index (χ1) is 16.2. The highest BCUT2D eigenvalue weighted by Gasteiger charge is 2.35. The number of fused-ring (bicyclic) bond motifs is 1.